The summed E-state index contributed by atoms with van der Waals surface area (Å²) in [4.78, 5) is 0. The number of hydrogen-bond acceptors (Lipinski definition) is 3. The summed E-state index contributed by atoms with van der Waals surface area (Å²) in [5.74, 6) is 0. The predicted molar refractivity (Wildman–Crippen MR) is 60.8 cm³/mol. The summed E-state index contributed by atoms with van der Waals surface area (Å²) in [6.45, 7) is 6.67. The van der Waals surface area contributed by atoms with Crippen molar-refractivity contribution in [1.29, 1.82) is 0 Å². The van der Waals surface area contributed by atoms with Crippen molar-refractivity contribution < 1.29 is 4.74 Å². The van der Waals surface area contributed by atoms with Gasteiger partial charge in [-0.2, -0.15) is 5.10 Å². The lowest BCUT2D eigenvalue weighted by atomic mass is 10.2. The van der Waals surface area contributed by atoms with Crippen LogP contribution in [0.3, 0.4) is 0 Å². The first kappa shape index (κ1) is 12.2. The van der Waals surface area contributed by atoms with E-state index in [0.717, 1.165) is 26.2 Å². The van der Waals surface area contributed by atoms with E-state index in [1.165, 1.54) is 5.56 Å². The molecule has 0 aliphatic heterocycles. The van der Waals surface area contributed by atoms with Gasteiger partial charge in [0.2, 0.25) is 0 Å². The van der Waals surface area contributed by atoms with Crippen LogP contribution in [-0.2, 0) is 11.3 Å². The first-order valence-corrected chi connectivity index (χ1v) is 5.55. The van der Waals surface area contributed by atoms with Gasteiger partial charge in [-0.3, -0.25) is 4.68 Å². The molecule has 1 heterocycles. The molecule has 1 N–H and O–H groups in total. The molecule has 0 bridgehead atoms. The van der Waals surface area contributed by atoms with Crippen LogP contribution in [0.15, 0.2) is 12.4 Å². The summed E-state index contributed by atoms with van der Waals surface area (Å²) in [5.41, 5.74) is 1.23. The molecule has 0 saturated heterocycles. The van der Waals surface area contributed by atoms with E-state index in [9.17, 15) is 0 Å². The lowest BCUT2D eigenvalue weighted by Crippen LogP contribution is -2.11. The monoisotopic (exact) mass is 211 g/mol. The van der Waals surface area contributed by atoms with Crippen LogP contribution >= 0.6 is 0 Å². The first-order chi connectivity index (χ1) is 7.27. The van der Waals surface area contributed by atoms with Crippen LogP contribution < -0.4 is 5.32 Å². The molecule has 1 unspecified atom stereocenters. The van der Waals surface area contributed by atoms with Crippen molar-refractivity contribution in [1.82, 2.24) is 15.1 Å². The van der Waals surface area contributed by atoms with Crippen LogP contribution in [0, 0.1) is 0 Å². The number of nitrogens with one attached hydrogen (secondary N) is 1. The van der Waals surface area contributed by atoms with Crippen LogP contribution in [-0.4, -0.2) is 30.0 Å². The molecule has 1 aromatic rings. The van der Waals surface area contributed by atoms with E-state index in [-0.39, 0.29) is 0 Å². The highest BCUT2D eigenvalue weighted by atomic mass is 16.5. The largest absolute Gasteiger partial charge is 0.382 e. The fourth-order valence-electron chi connectivity index (χ4n) is 1.37. The van der Waals surface area contributed by atoms with Crippen molar-refractivity contribution in [3.8, 4) is 0 Å². The van der Waals surface area contributed by atoms with Gasteiger partial charge in [0.15, 0.2) is 0 Å². The van der Waals surface area contributed by atoms with E-state index in [0.29, 0.717) is 6.04 Å². The van der Waals surface area contributed by atoms with Crippen LogP contribution in [0.1, 0.15) is 31.9 Å². The van der Waals surface area contributed by atoms with Gasteiger partial charge >= 0.3 is 0 Å². The predicted octanol–water partition coefficient (Wildman–Crippen LogP) is 1.59. The zero-order valence-electron chi connectivity index (χ0n) is 9.86. The lowest BCUT2D eigenvalue weighted by molar-refractivity contribution is 0.141. The summed E-state index contributed by atoms with van der Waals surface area (Å²) < 4.78 is 7.25. The fraction of sp³-hybridized carbons (Fsp3) is 0.727. The summed E-state index contributed by atoms with van der Waals surface area (Å²) >= 11 is 0. The molecule has 15 heavy (non-hydrogen) atoms. The molecule has 1 rings (SSSR count). The number of hydrogen-bond donors (Lipinski definition) is 1. The average molecular weight is 211 g/mol. The maximum atomic E-state index is 5.28. The second-order valence-electron chi connectivity index (χ2n) is 3.60. The van der Waals surface area contributed by atoms with E-state index in [1.54, 1.807) is 0 Å². The van der Waals surface area contributed by atoms with Crippen LogP contribution in [0.25, 0.3) is 0 Å². The Kier molecular flexibility index (Phi) is 5.36. The molecule has 86 valence electrons. The summed E-state index contributed by atoms with van der Waals surface area (Å²) in [5, 5.41) is 7.50. The highest BCUT2D eigenvalue weighted by Crippen LogP contribution is 2.09. The molecule has 0 aliphatic rings. The van der Waals surface area contributed by atoms with Crippen LogP contribution in [0.2, 0.25) is 0 Å². The average Bonchev–Trinajstić information content (AvgIpc) is 2.72. The third kappa shape index (κ3) is 4.01. The Labute approximate surface area is 91.6 Å². The van der Waals surface area contributed by atoms with Crippen molar-refractivity contribution in [3.63, 3.8) is 0 Å². The summed E-state index contributed by atoms with van der Waals surface area (Å²) in [6, 6.07) is 0.366. The number of rotatable bonds is 7. The molecule has 0 aromatic carbocycles. The Hall–Kier alpha value is -0.870. The minimum absolute atomic E-state index is 0.366. The fourth-order valence-corrected chi connectivity index (χ4v) is 1.37. The quantitative estimate of drug-likeness (QED) is 0.696. The van der Waals surface area contributed by atoms with Gasteiger partial charge in [-0.15, -0.1) is 0 Å². The molecule has 0 saturated carbocycles. The summed E-state index contributed by atoms with van der Waals surface area (Å²) in [6.07, 6.45) is 5.03. The third-order valence-corrected chi connectivity index (χ3v) is 2.47. The van der Waals surface area contributed by atoms with E-state index in [2.05, 4.69) is 23.5 Å². The van der Waals surface area contributed by atoms with Gasteiger partial charge in [-0.1, -0.05) is 0 Å². The van der Waals surface area contributed by atoms with Crippen LogP contribution in [0.5, 0.6) is 0 Å². The van der Waals surface area contributed by atoms with Crippen molar-refractivity contribution in [3.05, 3.63) is 18.0 Å². The van der Waals surface area contributed by atoms with Gasteiger partial charge in [0, 0.05) is 37.6 Å². The van der Waals surface area contributed by atoms with Crippen LogP contribution in [0.4, 0.5) is 0 Å². The molecule has 0 fully saturated rings. The third-order valence-electron chi connectivity index (χ3n) is 2.47. The molecule has 1 atom stereocenters. The minimum Gasteiger partial charge on any atom is -0.382 e. The number of ether oxygens (including phenoxy) is 1. The topological polar surface area (TPSA) is 39.1 Å². The normalized spacial score (nSPS) is 13.0. The van der Waals surface area contributed by atoms with Gasteiger partial charge in [-0.25, -0.2) is 0 Å². The Morgan fingerprint density at radius 1 is 1.60 bits per heavy atom. The van der Waals surface area contributed by atoms with Gasteiger partial charge < -0.3 is 10.1 Å². The lowest BCUT2D eigenvalue weighted by Gasteiger charge is -2.05. The molecule has 4 nitrogen and oxygen atoms in total. The van der Waals surface area contributed by atoms with Crippen molar-refractivity contribution in [2.45, 2.75) is 32.9 Å². The van der Waals surface area contributed by atoms with E-state index >= 15 is 0 Å². The second kappa shape index (κ2) is 6.58. The molecule has 4 heteroatoms. The SMILES string of the molecule is CCOCCCn1cc(C(C)NC)cn1. The van der Waals surface area contributed by atoms with E-state index in [1.807, 2.05) is 24.9 Å². The first-order valence-electron chi connectivity index (χ1n) is 5.55. The van der Waals surface area contributed by atoms with Crippen molar-refractivity contribution >= 4 is 0 Å². The smallest absolute Gasteiger partial charge is 0.0537 e. The number of nitrogens with zero attached hydrogens (tertiary/aromatic N) is 2. The molecule has 0 spiro atoms. The zero-order chi connectivity index (χ0) is 11.1. The second-order valence-corrected chi connectivity index (χ2v) is 3.60. The Balaban J connectivity index is 2.33. The Bertz CT molecular complexity index is 273. The van der Waals surface area contributed by atoms with Gasteiger partial charge in [0.05, 0.1) is 6.20 Å². The number of aromatic nitrogens is 2. The minimum atomic E-state index is 0.366. The van der Waals surface area contributed by atoms with E-state index in [4.69, 9.17) is 4.74 Å². The molecular weight excluding hydrogens is 190 g/mol. The van der Waals surface area contributed by atoms with Gasteiger partial charge in [0.1, 0.15) is 0 Å². The molecule has 0 radical (unpaired) electrons. The van der Waals surface area contributed by atoms with E-state index < -0.39 is 0 Å². The standard InChI is InChI=1S/C11H21N3O/c1-4-15-7-5-6-14-9-11(8-13-14)10(2)12-3/h8-10,12H,4-7H2,1-3H3. The van der Waals surface area contributed by atoms with Gasteiger partial charge in [-0.05, 0) is 27.3 Å². The highest BCUT2D eigenvalue weighted by Gasteiger charge is 2.04. The zero-order valence-corrected chi connectivity index (χ0v) is 9.86. The molecule has 0 amide bonds. The van der Waals surface area contributed by atoms with Gasteiger partial charge in [0.25, 0.3) is 0 Å². The Morgan fingerprint density at radius 2 is 2.40 bits per heavy atom. The maximum absolute atomic E-state index is 5.28. The van der Waals surface area contributed by atoms with Crippen molar-refractivity contribution in [2.24, 2.45) is 0 Å². The molecular formula is C11H21N3O. The molecule has 1 aromatic heterocycles. The molecule has 0 aliphatic carbocycles. The van der Waals surface area contributed by atoms with Crippen molar-refractivity contribution in [2.75, 3.05) is 20.3 Å². The Morgan fingerprint density at radius 3 is 3.07 bits per heavy atom. The maximum Gasteiger partial charge on any atom is 0.0537 e. The number of aryl methyl sites for hydroxylation is 1. The summed E-state index contributed by atoms with van der Waals surface area (Å²) in [7, 11) is 1.96. The highest BCUT2D eigenvalue weighted by molar-refractivity contribution is 5.08.